The number of hydrogen-bond donors (Lipinski definition) is 0. The van der Waals surface area contributed by atoms with Crippen LogP contribution in [0.25, 0.3) is 0 Å². The smallest absolute Gasteiger partial charge is 0.378 e. The Morgan fingerprint density at radius 1 is 0.960 bits per heavy atom. The molecule has 1 heterocycles. The van der Waals surface area contributed by atoms with Gasteiger partial charge in [0, 0.05) is 0 Å². The van der Waals surface area contributed by atoms with Crippen molar-refractivity contribution < 1.29 is 27.5 Å². The van der Waals surface area contributed by atoms with Gasteiger partial charge in [-0.2, -0.15) is 0 Å². The minimum absolute atomic E-state index is 0.143. The Hall–Kier alpha value is -0.619. The Bertz CT molecular complexity index is 513. The monoisotopic (exact) mass is 406 g/mol. The number of ether oxygens (including phenoxy) is 2. The van der Waals surface area contributed by atoms with E-state index in [0.29, 0.717) is 12.4 Å². The summed E-state index contributed by atoms with van der Waals surface area (Å²) >= 11 is 0. The van der Waals surface area contributed by atoms with Crippen LogP contribution >= 0.6 is 0 Å². The van der Waals surface area contributed by atoms with Gasteiger partial charge < -0.3 is 22.8 Å². The van der Waals surface area contributed by atoms with Gasteiger partial charge in [-0.05, 0) is 58.9 Å². The number of carbonyl (C=O) groups excluding carboxylic acids is 1. The molecule has 0 aromatic carbocycles. The molecule has 1 aliphatic rings. The average Bonchev–Trinajstić information content (AvgIpc) is 2.66. The standard InChI is InChI=1S/C16H34O6Si3/c1-18-15-14(22-25(8,9)10)13(20-16(15)17)12(21-24(5,6)7)11-19-23(2,3)4/h12-13H,11H2,1-10H3. The topological polar surface area (TPSA) is 63.2 Å². The number of hydrogen-bond acceptors (Lipinski definition) is 6. The molecule has 0 aliphatic carbocycles. The molecule has 0 radical (unpaired) electrons. The highest BCUT2D eigenvalue weighted by atomic mass is 28.4. The van der Waals surface area contributed by atoms with E-state index in [1.165, 1.54) is 7.11 Å². The molecule has 2 atom stereocenters. The zero-order chi connectivity index (χ0) is 19.6. The van der Waals surface area contributed by atoms with Gasteiger partial charge in [0.2, 0.25) is 14.1 Å². The minimum Gasteiger partial charge on any atom is -0.542 e. The van der Waals surface area contributed by atoms with E-state index in [1.807, 2.05) is 0 Å². The molecule has 0 saturated carbocycles. The molecule has 2 unspecified atom stereocenters. The summed E-state index contributed by atoms with van der Waals surface area (Å²) in [7, 11) is -4.14. The molecular weight excluding hydrogens is 372 g/mol. The molecule has 0 N–H and O–H groups in total. The second kappa shape index (κ2) is 7.95. The molecule has 1 rings (SSSR count). The van der Waals surface area contributed by atoms with E-state index in [0.717, 1.165) is 0 Å². The van der Waals surface area contributed by atoms with E-state index in [4.69, 9.17) is 22.8 Å². The van der Waals surface area contributed by atoms with Gasteiger partial charge in [0.25, 0.3) is 0 Å². The molecule has 0 fully saturated rings. The van der Waals surface area contributed by atoms with Crippen molar-refractivity contribution in [1.82, 2.24) is 0 Å². The largest absolute Gasteiger partial charge is 0.542 e. The zero-order valence-electron chi connectivity index (χ0n) is 17.3. The van der Waals surface area contributed by atoms with Crippen molar-refractivity contribution in [2.45, 2.75) is 71.1 Å². The molecule has 0 aromatic rings. The summed E-state index contributed by atoms with van der Waals surface area (Å²) in [5.41, 5.74) is 0. The Morgan fingerprint density at radius 3 is 1.92 bits per heavy atom. The van der Waals surface area contributed by atoms with E-state index < -0.39 is 43.1 Å². The molecule has 0 spiro atoms. The van der Waals surface area contributed by atoms with E-state index in [2.05, 4.69) is 58.9 Å². The summed E-state index contributed by atoms with van der Waals surface area (Å²) in [6, 6.07) is 0. The van der Waals surface area contributed by atoms with Crippen LogP contribution in [0, 0.1) is 0 Å². The zero-order valence-corrected chi connectivity index (χ0v) is 20.3. The SMILES string of the molecule is COC1=C(O[Si](C)(C)C)C(C(CO[Si](C)(C)C)O[Si](C)(C)C)OC1=O. The van der Waals surface area contributed by atoms with E-state index in [-0.39, 0.29) is 5.76 Å². The van der Waals surface area contributed by atoms with E-state index >= 15 is 0 Å². The fraction of sp³-hybridized carbons (Fsp3) is 0.812. The highest BCUT2D eigenvalue weighted by Gasteiger charge is 2.45. The lowest BCUT2D eigenvalue weighted by Gasteiger charge is -2.33. The third-order valence-electron chi connectivity index (χ3n) is 3.05. The molecule has 25 heavy (non-hydrogen) atoms. The summed E-state index contributed by atoms with van der Waals surface area (Å²) in [6.45, 7) is 19.2. The van der Waals surface area contributed by atoms with Crippen LogP contribution in [0.15, 0.2) is 11.5 Å². The van der Waals surface area contributed by atoms with Crippen LogP contribution in [0.4, 0.5) is 0 Å². The van der Waals surface area contributed by atoms with Gasteiger partial charge >= 0.3 is 5.97 Å². The van der Waals surface area contributed by atoms with Gasteiger partial charge in [-0.3, -0.25) is 0 Å². The molecule has 0 saturated heterocycles. The van der Waals surface area contributed by atoms with E-state index in [9.17, 15) is 4.79 Å². The first-order valence-corrected chi connectivity index (χ1v) is 18.9. The predicted octanol–water partition coefficient (Wildman–Crippen LogP) is 3.69. The van der Waals surface area contributed by atoms with Crippen molar-refractivity contribution >= 4 is 30.9 Å². The summed E-state index contributed by atoms with van der Waals surface area (Å²) in [5.74, 6) is 0.0941. The lowest BCUT2D eigenvalue weighted by atomic mass is 10.2. The first-order valence-electron chi connectivity index (χ1n) is 8.63. The lowest BCUT2D eigenvalue weighted by Crippen LogP contribution is -2.46. The Morgan fingerprint density at radius 2 is 1.52 bits per heavy atom. The molecule has 0 aromatic heterocycles. The molecular formula is C16H34O6Si3. The molecule has 6 nitrogen and oxygen atoms in total. The van der Waals surface area contributed by atoms with Crippen molar-refractivity contribution in [1.29, 1.82) is 0 Å². The van der Waals surface area contributed by atoms with Crippen LogP contribution in [-0.4, -0.2) is 56.8 Å². The summed E-state index contributed by atoms with van der Waals surface area (Å²) < 4.78 is 29.4. The van der Waals surface area contributed by atoms with Crippen molar-refractivity contribution in [3.63, 3.8) is 0 Å². The van der Waals surface area contributed by atoms with Crippen molar-refractivity contribution in [3.05, 3.63) is 11.5 Å². The number of rotatable bonds is 9. The first-order chi connectivity index (χ1) is 11.1. The number of carbonyl (C=O) groups is 1. The van der Waals surface area contributed by atoms with Gasteiger partial charge in [-0.1, -0.05) is 0 Å². The highest BCUT2D eigenvalue weighted by molar-refractivity contribution is 6.70. The molecule has 0 amide bonds. The maximum atomic E-state index is 12.2. The fourth-order valence-corrected chi connectivity index (χ4v) is 4.92. The molecule has 1 aliphatic heterocycles. The summed E-state index contributed by atoms with van der Waals surface area (Å²) in [6.07, 6.45) is -1.03. The maximum Gasteiger partial charge on any atom is 0.378 e. The van der Waals surface area contributed by atoms with Crippen molar-refractivity contribution in [2.24, 2.45) is 0 Å². The Balaban J connectivity index is 3.16. The minimum atomic E-state index is -1.96. The first kappa shape index (κ1) is 22.4. The number of esters is 1. The normalized spacial score (nSPS) is 20.6. The molecule has 9 heteroatoms. The lowest BCUT2D eigenvalue weighted by molar-refractivity contribution is -0.147. The van der Waals surface area contributed by atoms with Crippen LogP contribution in [0.1, 0.15) is 0 Å². The second-order valence-corrected chi connectivity index (χ2v) is 22.5. The second-order valence-electron chi connectivity index (χ2n) is 9.13. The quantitative estimate of drug-likeness (QED) is 0.430. The average molecular weight is 407 g/mol. The highest BCUT2D eigenvalue weighted by Crippen LogP contribution is 2.32. The number of cyclic esters (lactones) is 1. The van der Waals surface area contributed by atoms with Crippen LogP contribution in [0.2, 0.25) is 58.9 Å². The van der Waals surface area contributed by atoms with E-state index in [1.54, 1.807) is 0 Å². The molecule has 146 valence electrons. The van der Waals surface area contributed by atoms with Crippen LogP contribution < -0.4 is 0 Å². The van der Waals surface area contributed by atoms with Crippen LogP contribution in [-0.2, 0) is 27.5 Å². The predicted molar refractivity (Wildman–Crippen MR) is 106 cm³/mol. The molecule has 0 bridgehead atoms. The van der Waals surface area contributed by atoms with Crippen LogP contribution in [0.3, 0.4) is 0 Å². The fourth-order valence-electron chi connectivity index (χ4n) is 2.28. The third kappa shape index (κ3) is 7.65. The number of methoxy groups -OCH3 is 1. The maximum absolute atomic E-state index is 12.2. The Kier molecular flexibility index (Phi) is 7.13. The van der Waals surface area contributed by atoms with Gasteiger partial charge in [0.15, 0.2) is 28.5 Å². The van der Waals surface area contributed by atoms with Crippen molar-refractivity contribution in [3.8, 4) is 0 Å². The Labute approximate surface area is 155 Å². The summed E-state index contributed by atoms with van der Waals surface area (Å²) in [4.78, 5) is 12.2. The third-order valence-corrected chi connectivity index (χ3v) is 5.92. The van der Waals surface area contributed by atoms with Gasteiger partial charge in [-0.25, -0.2) is 4.79 Å². The van der Waals surface area contributed by atoms with Gasteiger partial charge in [0.1, 0.15) is 6.10 Å². The van der Waals surface area contributed by atoms with Crippen LogP contribution in [0.5, 0.6) is 0 Å². The van der Waals surface area contributed by atoms with Gasteiger partial charge in [-0.15, -0.1) is 0 Å². The van der Waals surface area contributed by atoms with Gasteiger partial charge in [0.05, 0.1) is 13.7 Å². The summed E-state index contributed by atoms with van der Waals surface area (Å²) in [5, 5.41) is 0. The van der Waals surface area contributed by atoms with Crippen molar-refractivity contribution in [2.75, 3.05) is 13.7 Å².